The molecule has 0 bridgehead atoms. The van der Waals surface area contributed by atoms with Crippen LogP contribution in [-0.4, -0.2) is 6.04 Å². The van der Waals surface area contributed by atoms with Crippen LogP contribution in [0.15, 0.2) is 34.7 Å². The van der Waals surface area contributed by atoms with Crippen LogP contribution in [0, 0.1) is 5.82 Å². The van der Waals surface area contributed by atoms with Crippen molar-refractivity contribution in [3.05, 3.63) is 46.9 Å². The molecule has 1 heterocycles. The van der Waals surface area contributed by atoms with Crippen molar-refractivity contribution in [2.24, 2.45) is 0 Å². The Morgan fingerprint density at radius 1 is 1.32 bits per heavy atom. The van der Waals surface area contributed by atoms with Crippen molar-refractivity contribution in [3.8, 4) is 11.3 Å². The van der Waals surface area contributed by atoms with Crippen LogP contribution in [0.1, 0.15) is 26.0 Å². The van der Waals surface area contributed by atoms with E-state index in [0.29, 0.717) is 6.04 Å². The second kappa shape index (κ2) is 6.22. The zero-order valence-corrected chi connectivity index (χ0v) is 11.9. The first-order chi connectivity index (χ1) is 9.10. The van der Waals surface area contributed by atoms with Gasteiger partial charge >= 0.3 is 0 Å². The van der Waals surface area contributed by atoms with Gasteiger partial charge in [0, 0.05) is 5.56 Å². The van der Waals surface area contributed by atoms with Crippen molar-refractivity contribution in [1.82, 2.24) is 0 Å². The third kappa shape index (κ3) is 3.58. The standard InChI is InChI=1S/C15H17ClFNO/c1-3-10(2)18-9-12-5-7-15(19-12)11-4-6-14(17)13(16)8-11/h4-8,10,18H,3,9H2,1-2H3/p+1/t10-/m0/s1. The summed E-state index contributed by atoms with van der Waals surface area (Å²) in [6.07, 6.45) is 1.13. The topological polar surface area (TPSA) is 29.8 Å². The highest BCUT2D eigenvalue weighted by Crippen LogP contribution is 2.26. The van der Waals surface area contributed by atoms with E-state index in [1.807, 2.05) is 12.1 Å². The van der Waals surface area contributed by atoms with E-state index >= 15 is 0 Å². The lowest BCUT2D eigenvalue weighted by atomic mass is 10.2. The fourth-order valence-electron chi connectivity index (χ4n) is 1.78. The van der Waals surface area contributed by atoms with Gasteiger partial charge in [0.2, 0.25) is 0 Å². The van der Waals surface area contributed by atoms with Crippen LogP contribution in [0.2, 0.25) is 5.02 Å². The number of furan rings is 1. The molecule has 1 atom stereocenters. The Balaban J connectivity index is 2.09. The molecule has 2 nitrogen and oxygen atoms in total. The Labute approximate surface area is 117 Å². The minimum atomic E-state index is -0.415. The molecule has 0 amide bonds. The van der Waals surface area contributed by atoms with Crippen molar-refractivity contribution < 1.29 is 14.1 Å². The summed E-state index contributed by atoms with van der Waals surface area (Å²) in [7, 11) is 0. The molecule has 1 aromatic carbocycles. The van der Waals surface area contributed by atoms with Crippen LogP contribution >= 0.6 is 11.6 Å². The summed E-state index contributed by atoms with van der Waals surface area (Å²) in [4.78, 5) is 0. The Hall–Kier alpha value is -1.32. The number of benzene rings is 1. The van der Waals surface area contributed by atoms with Crippen molar-refractivity contribution in [2.75, 3.05) is 0 Å². The fraction of sp³-hybridized carbons (Fsp3) is 0.333. The largest absolute Gasteiger partial charge is 0.455 e. The summed E-state index contributed by atoms with van der Waals surface area (Å²) < 4.78 is 18.8. The van der Waals surface area contributed by atoms with Gasteiger partial charge in [-0.3, -0.25) is 0 Å². The zero-order chi connectivity index (χ0) is 13.8. The molecule has 0 aliphatic carbocycles. The molecule has 1 aromatic heterocycles. The number of quaternary nitrogens is 1. The van der Waals surface area contributed by atoms with Gasteiger partial charge in [-0.1, -0.05) is 18.5 Å². The Bertz CT molecular complexity index is 553. The van der Waals surface area contributed by atoms with Crippen molar-refractivity contribution in [1.29, 1.82) is 0 Å². The molecule has 19 heavy (non-hydrogen) atoms. The lowest BCUT2D eigenvalue weighted by Gasteiger charge is -2.05. The van der Waals surface area contributed by atoms with Gasteiger partial charge < -0.3 is 9.73 Å². The maximum Gasteiger partial charge on any atom is 0.158 e. The Morgan fingerprint density at radius 3 is 2.79 bits per heavy atom. The normalized spacial score (nSPS) is 12.6. The minimum absolute atomic E-state index is 0.113. The van der Waals surface area contributed by atoms with E-state index in [0.717, 1.165) is 30.0 Å². The van der Waals surface area contributed by atoms with E-state index in [1.165, 1.54) is 6.07 Å². The van der Waals surface area contributed by atoms with E-state index in [1.54, 1.807) is 12.1 Å². The minimum Gasteiger partial charge on any atom is -0.455 e. The highest BCUT2D eigenvalue weighted by atomic mass is 35.5. The molecule has 0 spiro atoms. The van der Waals surface area contributed by atoms with Gasteiger partial charge in [-0.2, -0.15) is 0 Å². The molecule has 0 saturated carbocycles. The average Bonchev–Trinajstić information content (AvgIpc) is 2.88. The molecule has 0 aliphatic heterocycles. The number of rotatable bonds is 5. The third-order valence-electron chi connectivity index (χ3n) is 3.23. The van der Waals surface area contributed by atoms with Gasteiger partial charge in [0.05, 0.1) is 11.1 Å². The molecule has 2 aromatic rings. The predicted octanol–water partition coefficient (Wildman–Crippen LogP) is 3.60. The summed E-state index contributed by atoms with van der Waals surface area (Å²) in [6.45, 7) is 5.16. The van der Waals surface area contributed by atoms with Crippen LogP contribution in [-0.2, 0) is 6.54 Å². The maximum absolute atomic E-state index is 13.1. The summed E-state index contributed by atoms with van der Waals surface area (Å²) in [5.74, 6) is 1.22. The van der Waals surface area contributed by atoms with Gasteiger partial charge in [-0.15, -0.1) is 0 Å². The quantitative estimate of drug-likeness (QED) is 0.892. The highest BCUT2D eigenvalue weighted by Gasteiger charge is 2.09. The lowest BCUT2D eigenvalue weighted by Crippen LogP contribution is -2.87. The monoisotopic (exact) mass is 282 g/mol. The molecular formula is C15H18ClFNO+. The maximum atomic E-state index is 13.1. The average molecular weight is 283 g/mol. The Morgan fingerprint density at radius 2 is 2.11 bits per heavy atom. The second-order valence-electron chi connectivity index (χ2n) is 4.72. The summed E-state index contributed by atoms with van der Waals surface area (Å²) in [5, 5.41) is 2.35. The van der Waals surface area contributed by atoms with Gasteiger partial charge in [0.1, 0.15) is 18.1 Å². The second-order valence-corrected chi connectivity index (χ2v) is 5.13. The van der Waals surface area contributed by atoms with E-state index in [4.69, 9.17) is 16.0 Å². The van der Waals surface area contributed by atoms with Gasteiger partial charge in [-0.25, -0.2) is 4.39 Å². The number of hydrogen-bond donors (Lipinski definition) is 1. The van der Waals surface area contributed by atoms with Crippen LogP contribution < -0.4 is 5.32 Å². The van der Waals surface area contributed by atoms with Crippen LogP contribution in [0.25, 0.3) is 11.3 Å². The van der Waals surface area contributed by atoms with Crippen molar-refractivity contribution in [3.63, 3.8) is 0 Å². The SMILES string of the molecule is CC[C@H](C)[NH2+]Cc1ccc(-c2ccc(F)c(Cl)c2)o1. The lowest BCUT2D eigenvalue weighted by molar-refractivity contribution is -0.703. The van der Waals surface area contributed by atoms with Gasteiger partial charge in [0.25, 0.3) is 0 Å². The van der Waals surface area contributed by atoms with Crippen LogP contribution in [0.5, 0.6) is 0 Å². The molecule has 2 N–H and O–H groups in total. The molecule has 4 heteroatoms. The number of hydrogen-bond acceptors (Lipinski definition) is 1. The van der Waals surface area contributed by atoms with Crippen LogP contribution in [0.4, 0.5) is 4.39 Å². The molecule has 0 fully saturated rings. The van der Waals surface area contributed by atoms with E-state index in [2.05, 4.69) is 19.2 Å². The first-order valence-corrected chi connectivity index (χ1v) is 6.85. The van der Waals surface area contributed by atoms with Gasteiger partial charge in [-0.05, 0) is 43.7 Å². The van der Waals surface area contributed by atoms with Gasteiger partial charge in [0.15, 0.2) is 5.76 Å². The van der Waals surface area contributed by atoms with E-state index in [-0.39, 0.29) is 5.02 Å². The summed E-state index contributed by atoms with van der Waals surface area (Å²) in [5.41, 5.74) is 0.793. The predicted molar refractivity (Wildman–Crippen MR) is 74.5 cm³/mol. The molecule has 102 valence electrons. The molecule has 2 rings (SSSR count). The molecule has 0 aliphatic rings. The molecule has 0 unspecified atom stereocenters. The zero-order valence-electron chi connectivity index (χ0n) is 11.1. The molecular weight excluding hydrogens is 265 g/mol. The third-order valence-corrected chi connectivity index (χ3v) is 3.52. The summed E-state index contributed by atoms with van der Waals surface area (Å²) >= 11 is 5.77. The number of nitrogens with two attached hydrogens (primary N) is 1. The Kier molecular flexibility index (Phi) is 4.61. The smallest absolute Gasteiger partial charge is 0.158 e. The molecule has 0 saturated heterocycles. The van der Waals surface area contributed by atoms with Crippen LogP contribution in [0.3, 0.4) is 0 Å². The highest BCUT2D eigenvalue weighted by molar-refractivity contribution is 6.31. The van der Waals surface area contributed by atoms with E-state index in [9.17, 15) is 4.39 Å². The first kappa shape index (κ1) is 14.1. The van der Waals surface area contributed by atoms with Crippen molar-refractivity contribution in [2.45, 2.75) is 32.9 Å². The number of halogens is 2. The molecule has 0 radical (unpaired) electrons. The summed E-state index contributed by atoms with van der Waals surface area (Å²) in [6, 6.07) is 9.02. The fourth-order valence-corrected chi connectivity index (χ4v) is 1.96. The van der Waals surface area contributed by atoms with Crippen molar-refractivity contribution >= 4 is 11.6 Å². The van der Waals surface area contributed by atoms with E-state index < -0.39 is 5.82 Å². The first-order valence-electron chi connectivity index (χ1n) is 6.47.